The lowest BCUT2D eigenvalue weighted by molar-refractivity contribution is 0.0953. The lowest BCUT2D eigenvalue weighted by Gasteiger charge is -2.09. The van der Waals surface area contributed by atoms with E-state index in [1.165, 1.54) is 6.33 Å². The second-order valence-corrected chi connectivity index (χ2v) is 5.01. The summed E-state index contributed by atoms with van der Waals surface area (Å²) in [6.45, 7) is 2.57. The molecule has 1 heterocycles. The minimum Gasteiger partial charge on any atom is -0.352 e. The molecule has 0 aliphatic heterocycles. The van der Waals surface area contributed by atoms with Gasteiger partial charge < -0.3 is 5.32 Å². The molecule has 0 saturated carbocycles. The number of hydrogen-bond acceptors (Lipinski definition) is 3. The zero-order chi connectivity index (χ0) is 13.7. The van der Waals surface area contributed by atoms with E-state index in [0.717, 1.165) is 27.8 Å². The van der Waals surface area contributed by atoms with Crippen molar-refractivity contribution in [3.63, 3.8) is 0 Å². The van der Waals surface area contributed by atoms with E-state index in [1.807, 2.05) is 25.1 Å². The number of amides is 1. The third-order valence-corrected chi connectivity index (χ3v) is 3.30. The highest BCUT2D eigenvalue weighted by molar-refractivity contribution is 9.10. The summed E-state index contributed by atoms with van der Waals surface area (Å²) in [6, 6.07) is 5.77. The van der Waals surface area contributed by atoms with Gasteiger partial charge in [-0.15, -0.1) is 0 Å². The number of carbonyl (C=O) groups excluding carboxylic acids is 1. The molecule has 6 heteroatoms. The quantitative estimate of drug-likeness (QED) is 0.885. The number of halogens is 1. The molecule has 1 aromatic heterocycles. The van der Waals surface area contributed by atoms with Crippen LogP contribution in [0.5, 0.6) is 0 Å². The number of rotatable bonds is 5. The molecule has 0 aliphatic rings. The average Bonchev–Trinajstić information content (AvgIpc) is 2.91. The Balaban J connectivity index is 1.97. The normalized spacial score (nSPS) is 10.4. The van der Waals surface area contributed by atoms with Crippen LogP contribution in [0.2, 0.25) is 0 Å². The first-order valence-electron chi connectivity index (χ1n) is 6.11. The molecule has 2 rings (SSSR count). The van der Waals surface area contributed by atoms with Crippen LogP contribution in [-0.4, -0.2) is 27.6 Å². The van der Waals surface area contributed by atoms with Crippen LogP contribution in [0, 0.1) is 0 Å². The Labute approximate surface area is 120 Å². The molecule has 2 N–H and O–H groups in total. The highest BCUT2D eigenvalue weighted by atomic mass is 79.9. The largest absolute Gasteiger partial charge is 0.352 e. The Morgan fingerprint density at radius 2 is 2.32 bits per heavy atom. The lowest BCUT2D eigenvalue weighted by Crippen LogP contribution is -2.27. The van der Waals surface area contributed by atoms with Gasteiger partial charge in [-0.3, -0.25) is 9.89 Å². The summed E-state index contributed by atoms with van der Waals surface area (Å²) in [7, 11) is 0. The molecule has 0 aliphatic carbocycles. The minimum atomic E-state index is -0.0577. The van der Waals surface area contributed by atoms with E-state index < -0.39 is 0 Å². The Morgan fingerprint density at radius 1 is 1.47 bits per heavy atom. The number of nitrogens with zero attached hydrogens (tertiary/aromatic N) is 2. The van der Waals surface area contributed by atoms with Crippen LogP contribution in [0.15, 0.2) is 29.0 Å². The molecule has 0 radical (unpaired) electrons. The second-order valence-electron chi connectivity index (χ2n) is 4.09. The highest BCUT2D eigenvalue weighted by Gasteiger charge is 2.10. The average molecular weight is 323 g/mol. The molecule has 100 valence electrons. The van der Waals surface area contributed by atoms with Gasteiger partial charge in [0.05, 0.1) is 0 Å². The summed E-state index contributed by atoms with van der Waals surface area (Å²) in [5.41, 5.74) is 1.76. The van der Waals surface area contributed by atoms with Crippen LogP contribution in [-0.2, 0) is 12.8 Å². The fourth-order valence-corrected chi connectivity index (χ4v) is 2.17. The molecular formula is C13H15BrN4O. The first-order valence-corrected chi connectivity index (χ1v) is 6.91. The number of aryl methyl sites for hydroxylation is 1. The molecular weight excluding hydrogens is 308 g/mol. The van der Waals surface area contributed by atoms with Crippen molar-refractivity contribution in [2.45, 2.75) is 19.8 Å². The van der Waals surface area contributed by atoms with E-state index >= 15 is 0 Å². The predicted molar refractivity (Wildman–Crippen MR) is 75.9 cm³/mol. The number of hydrogen-bond donors (Lipinski definition) is 2. The van der Waals surface area contributed by atoms with Crippen molar-refractivity contribution in [3.8, 4) is 0 Å². The van der Waals surface area contributed by atoms with Gasteiger partial charge in [0.15, 0.2) is 0 Å². The fourth-order valence-electron chi connectivity index (χ4n) is 1.81. The van der Waals surface area contributed by atoms with Crippen molar-refractivity contribution in [3.05, 3.63) is 46.0 Å². The van der Waals surface area contributed by atoms with E-state index in [9.17, 15) is 4.79 Å². The van der Waals surface area contributed by atoms with Crippen molar-refractivity contribution in [2.24, 2.45) is 0 Å². The van der Waals surface area contributed by atoms with Crippen LogP contribution in [0.25, 0.3) is 0 Å². The zero-order valence-corrected chi connectivity index (χ0v) is 12.2. The van der Waals surface area contributed by atoms with E-state index in [2.05, 4.69) is 36.4 Å². The SMILES string of the molecule is CCc1ccc(Br)cc1C(=O)NCCc1ncn[nH]1. The molecule has 5 nitrogen and oxygen atoms in total. The maximum atomic E-state index is 12.1. The summed E-state index contributed by atoms with van der Waals surface area (Å²) in [5, 5.41) is 9.42. The first kappa shape index (κ1) is 13.7. The van der Waals surface area contributed by atoms with E-state index in [0.29, 0.717) is 13.0 Å². The molecule has 1 amide bonds. The number of H-pyrrole nitrogens is 1. The molecule has 2 aromatic rings. The second kappa shape index (κ2) is 6.47. The maximum Gasteiger partial charge on any atom is 0.251 e. The van der Waals surface area contributed by atoms with E-state index in [4.69, 9.17) is 0 Å². The van der Waals surface area contributed by atoms with Crippen LogP contribution in [0.3, 0.4) is 0 Å². The zero-order valence-electron chi connectivity index (χ0n) is 10.6. The standard InChI is InChI=1S/C13H15BrN4O/c1-2-9-3-4-10(14)7-11(9)13(19)15-6-5-12-16-8-17-18-12/h3-4,7-8H,2,5-6H2,1H3,(H,15,19)(H,16,17,18). The van der Waals surface area contributed by atoms with Gasteiger partial charge in [-0.1, -0.05) is 28.9 Å². The van der Waals surface area contributed by atoms with Crippen molar-refractivity contribution in [2.75, 3.05) is 6.54 Å². The summed E-state index contributed by atoms with van der Waals surface area (Å²) in [4.78, 5) is 16.1. The molecule has 0 saturated heterocycles. The van der Waals surface area contributed by atoms with Gasteiger partial charge >= 0.3 is 0 Å². The van der Waals surface area contributed by atoms with Crippen molar-refractivity contribution < 1.29 is 4.79 Å². The Morgan fingerprint density at radius 3 is 3.00 bits per heavy atom. The van der Waals surface area contributed by atoms with Crippen molar-refractivity contribution >= 4 is 21.8 Å². The molecule has 1 aromatic carbocycles. The van der Waals surface area contributed by atoms with Crippen LogP contribution < -0.4 is 5.32 Å². The van der Waals surface area contributed by atoms with Gasteiger partial charge in [-0.2, -0.15) is 5.10 Å². The predicted octanol–water partition coefficient (Wildman–Crippen LogP) is 2.10. The van der Waals surface area contributed by atoms with Gasteiger partial charge in [0.2, 0.25) is 0 Å². The minimum absolute atomic E-state index is 0.0577. The van der Waals surface area contributed by atoms with Gasteiger partial charge in [-0.25, -0.2) is 4.98 Å². The fraction of sp³-hybridized carbons (Fsp3) is 0.308. The van der Waals surface area contributed by atoms with E-state index in [-0.39, 0.29) is 5.91 Å². The number of carbonyl (C=O) groups is 1. The third kappa shape index (κ3) is 3.64. The van der Waals surface area contributed by atoms with Crippen LogP contribution in [0.4, 0.5) is 0 Å². The first-order chi connectivity index (χ1) is 9.20. The van der Waals surface area contributed by atoms with Crippen molar-refractivity contribution in [1.29, 1.82) is 0 Å². The van der Waals surface area contributed by atoms with Crippen LogP contribution in [0.1, 0.15) is 28.7 Å². The summed E-state index contributed by atoms with van der Waals surface area (Å²) >= 11 is 3.39. The van der Waals surface area contributed by atoms with Gasteiger partial charge in [-0.05, 0) is 24.1 Å². The van der Waals surface area contributed by atoms with Gasteiger partial charge in [0.1, 0.15) is 12.2 Å². The van der Waals surface area contributed by atoms with Gasteiger partial charge in [0.25, 0.3) is 5.91 Å². The summed E-state index contributed by atoms with van der Waals surface area (Å²) in [5.74, 6) is 0.711. The monoisotopic (exact) mass is 322 g/mol. The Bertz CT molecular complexity index is 554. The Hall–Kier alpha value is -1.69. The third-order valence-electron chi connectivity index (χ3n) is 2.81. The smallest absolute Gasteiger partial charge is 0.251 e. The highest BCUT2D eigenvalue weighted by Crippen LogP contribution is 2.17. The number of aromatic amines is 1. The Kier molecular flexibility index (Phi) is 4.68. The molecule has 0 unspecified atom stereocenters. The van der Waals surface area contributed by atoms with Crippen LogP contribution >= 0.6 is 15.9 Å². The molecule has 19 heavy (non-hydrogen) atoms. The number of aromatic nitrogens is 3. The maximum absolute atomic E-state index is 12.1. The summed E-state index contributed by atoms with van der Waals surface area (Å²) < 4.78 is 0.907. The van der Waals surface area contributed by atoms with Crippen molar-refractivity contribution in [1.82, 2.24) is 20.5 Å². The lowest BCUT2D eigenvalue weighted by atomic mass is 10.0. The number of nitrogens with one attached hydrogen (secondary N) is 2. The molecule has 0 fully saturated rings. The number of benzene rings is 1. The molecule has 0 atom stereocenters. The van der Waals surface area contributed by atoms with Gasteiger partial charge in [0, 0.05) is 23.0 Å². The molecule has 0 bridgehead atoms. The molecule has 0 spiro atoms. The summed E-state index contributed by atoms with van der Waals surface area (Å²) in [6.07, 6.45) is 2.93. The van der Waals surface area contributed by atoms with E-state index in [1.54, 1.807) is 0 Å². The topological polar surface area (TPSA) is 70.7 Å².